The summed E-state index contributed by atoms with van der Waals surface area (Å²) in [4.78, 5) is 11.3. The lowest BCUT2D eigenvalue weighted by Crippen LogP contribution is -2.62. The van der Waals surface area contributed by atoms with Gasteiger partial charge < -0.3 is 54.5 Å². The Morgan fingerprint density at radius 2 is 1.79 bits per heavy atom. The Hall–Kier alpha value is -2.13. The first-order valence-corrected chi connectivity index (χ1v) is 10.5. The highest BCUT2D eigenvalue weighted by Crippen LogP contribution is 2.35. The van der Waals surface area contributed by atoms with Gasteiger partial charge in [-0.15, -0.1) is 0 Å². The van der Waals surface area contributed by atoms with Gasteiger partial charge in [0.2, 0.25) is 0 Å². The Morgan fingerprint density at radius 3 is 2.48 bits per heavy atom. The molecule has 0 radical (unpaired) electrons. The van der Waals surface area contributed by atoms with Crippen molar-refractivity contribution in [2.24, 2.45) is 0 Å². The molecule has 12 nitrogen and oxygen atoms in total. The molecule has 2 fully saturated rings. The molecule has 12 heteroatoms. The van der Waals surface area contributed by atoms with Crippen molar-refractivity contribution in [3.05, 3.63) is 36.0 Å². The van der Waals surface area contributed by atoms with Crippen molar-refractivity contribution in [1.29, 1.82) is 0 Å². The Labute approximate surface area is 187 Å². The van der Waals surface area contributed by atoms with Crippen LogP contribution in [0.25, 0.3) is 10.9 Å². The molecule has 0 aliphatic carbocycles. The van der Waals surface area contributed by atoms with Gasteiger partial charge in [-0.3, -0.25) is 4.79 Å². The molecule has 9 atom stereocenters. The second kappa shape index (κ2) is 9.62. The normalized spacial score (nSPS) is 37.3. The van der Waals surface area contributed by atoms with E-state index < -0.39 is 67.8 Å². The average molecular weight is 469 g/mol. The molecule has 2 saturated heterocycles. The highest BCUT2D eigenvalue weighted by atomic mass is 16.7. The minimum atomic E-state index is -1.72. The molecule has 0 spiro atoms. The SMILES string of the molecule is O=C(O)Cc1cn(C2OCC(O)C(O)C2OC2OC(CO)C(O)C(O)C2O)c2ccccc12. The fraction of sp³-hybridized carbons (Fsp3) is 0.571. The molecule has 2 aromatic rings. The summed E-state index contributed by atoms with van der Waals surface area (Å²) in [6.07, 6.45) is -11.8. The fourth-order valence-corrected chi connectivity index (χ4v) is 4.29. The molecular weight excluding hydrogens is 442 g/mol. The van der Waals surface area contributed by atoms with E-state index in [9.17, 15) is 40.5 Å². The van der Waals surface area contributed by atoms with Gasteiger partial charge in [-0.25, -0.2) is 0 Å². The van der Waals surface area contributed by atoms with E-state index in [0.29, 0.717) is 16.5 Å². The summed E-state index contributed by atoms with van der Waals surface area (Å²) in [5.74, 6) is -1.04. The van der Waals surface area contributed by atoms with Crippen molar-refractivity contribution >= 4 is 16.9 Å². The van der Waals surface area contributed by atoms with Crippen LogP contribution < -0.4 is 0 Å². The summed E-state index contributed by atoms with van der Waals surface area (Å²) < 4.78 is 18.4. The maximum absolute atomic E-state index is 11.3. The predicted molar refractivity (Wildman–Crippen MR) is 109 cm³/mol. The van der Waals surface area contributed by atoms with Crippen LogP contribution in [0.2, 0.25) is 0 Å². The lowest BCUT2D eigenvalue weighted by atomic mass is 9.98. The quantitative estimate of drug-likeness (QED) is 0.241. The topological polar surface area (TPSA) is 191 Å². The molecule has 4 rings (SSSR count). The number of ether oxygens (including phenoxy) is 3. The number of carbonyl (C=O) groups is 1. The van der Waals surface area contributed by atoms with Gasteiger partial charge >= 0.3 is 5.97 Å². The van der Waals surface area contributed by atoms with E-state index in [4.69, 9.17) is 14.2 Å². The lowest BCUT2D eigenvalue weighted by molar-refractivity contribution is -0.341. The van der Waals surface area contributed by atoms with Crippen LogP contribution in [0.4, 0.5) is 0 Å². The number of aromatic nitrogens is 1. The number of benzene rings is 1. The van der Waals surface area contributed by atoms with Gasteiger partial charge in [-0.1, -0.05) is 18.2 Å². The predicted octanol–water partition coefficient (Wildman–Crippen LogP) is -2.30. The monoisotopic (exact) mass is 469 g/mol. The van der Waals surface area contributed by atoms with Crippen LogP contribution in [0, 0.1) is 0 Å². The largest absolute Gasteiger partial charge is 0.481 e. The van der Waals surface area contributed by atoms with Gasteiger partial charge in [0.15, 0.2) is 12.5 Å². The summed E-state index contributed by atoms with van der Waals surface area (Å²) in [6.45, 7) is -0.914. The second-order valence-electron chi connectivity index (χ2n) is 8.23. The number of fused-ring (bicyclic) bond motifs is 1. The molecule has 182 valence electrons. The van der Waals surface area contributed by atoms with Crippen LogP contribution in [0.5, 0.6) is 0 Å². The average Bonchev–Trinajstić information content (AvgIpc) is 3.14. The Kier molecular flexibility index (Phi) is 7.00. The molecule has 33 heavy (non-hydrogen) atoms. The number of rotatable bonds is 6. The van der Waals surface area contributed by atoms with E-state index in [-0.39, 0.29) is 13.0 Å². The zero-order chi connectivity index (χ0) is 23.9. The fourth-order valence-electron chi connectivity index (χ4n) is 4.29. The van der Waals surface area contributed by atoms with Crippen molar-refractivity contribution in [3.63, 3.8) is 0 Å². The third kappa shape index (κ3) is 4.49. The molecule has 2 aliphatic heterocycles. The smallest absolute Gasteiger partial charge is 0.307 e. The maximum atomic E-state index is 11.3. The van der Waals surface area contributed by atoms with Crippen molar-refractivity contribution in [3.8, 4) is 0 Å². The number of aliphatic carboxylic acids is 1. The molecule has 2 aliphatic rings. The summed E-state index contributed by atoms with van der Waals surface area (Å²) in [6, 6.07) is 6.96. The van der Waals surface area contributed by atoms with Crippen molar-refractivity contribution in [2.45, 2.75) is 61.7 Å². The third-order valence-corrected chi connectivity index (χ3v) is 6.03. The number of aliphatic hydroxyl groups excluding tert-OH is 6. The van der Waals surface area contributed by atoms with Crippen LogP contribution in [-0.2, 0) is 25.4 Å². The molecule has 0 bridgehead atoms. The van der Waals surface area contributed by atoms with E-state index in [0.717, 1.165) is 0 Å². The number of carboxylic acids is 1. The van der Waals surface area contributed by atoms with Crippen LogP contribution in [0.15, 0.2) is 30.5 Å². The van der Waals surface area contributed by atoms with Crippen LogP contribution in [0.1, 0.15) is 11.8 Å². The lowest BCUT2D eigenvalue weighted by Gasteiger charge is -2.44. The summed E-state index contributed by atoms with van der Waals surface area (Å²) >= 11 is 0. The zero-order valence-electron chi connectivity index (χ0n) is 17.4. The Morgan fingerprint density at radius 1 is 1.06 bits per heavy atom. The van der Waals surface area contributed by atoms with E-state index in [1.165, 1.54) is 0 Å². The van der Waals surface area contributed by atoms with Gasteiger partial charge in [-0.2, -0.15) is 0 Å². The van der Waals surface area contributed by atoms with Crippen LogP contribution >= 0.6 is 0 Å². The number of carboxylic acid groups (broad SMARTS) is 1. The van der Waals surface area contributed by atoms with Crippen LogP contribution in [-0.4, -0.2) is 109 Å². The first-order valence-electron chi connectivity index (χ1n) is 10.5. The molecule has 3 heterocycles. The number of hydrogen-bond acceptors (Lipinski definition) is 10. The molecule has 0 amide bonds. The van der Waals surface area contributed by atoms with Gasteiger partial charge in [-0.05, 0) is 11.6 Å². The summed E-state index contributed by atoms with van der Waals surface area (Å²) in [7, 11) is 0. The Balaban J connectivity index is 1.69. The number of nitrogens with zero attached hydrogens (tertiary/aromatic N) is 1. The second-order valence-corrected chi connectivity index (χ2v) is 8.23. The van der Waals surface area contributed by atoms with Gasteiger partial charge in [0.05, 0.1) is 25.2 Å². The molecule has 7 N–H and O–H groups in total. The number of para-hydroxylation sites is 1. The van der Waals surface area contributed by atoms with Crippen molar-refractivity contribution in [1.82, 2.24) is 4.57 Å². The zero-order valence-corrected chi connectivity index (χ0v) is 17.4. The van der Waals surface area contributed by atoms with Gasteiger partial charge in [0, 0.05) is 11.6 Å². The van der Waals surface area contributed by atoms with E-state index in [1.807, 2.05) is 0 Å². The van der Waals surface area contributed by atoms with E-state index in [1.54, 1.807) is 35.0 Å². The minimum absolute atomic E-state index is 0.249. The first-order chi connectivity index (χ1) is 15.7. The van der Waals surface area contributed by atoms with Gasteiger partial charge in [0.1, 0.15) is 42.7 Å². The summed E-state index contributed by atoms with van der Waals surface area (Å²) in [5.41, 5.74) is 1.08. The van der Waals surface area contributed by atoms with Gasteiger partial charge in [0.25, 0.3) is 0 Å². The highest BCUT2D eigenvalue weighted by Gasteiger charge is 2.49. The molecule has 1 aromatic carbocycles. The van der Waals surface area contributed by atoms with Crippen molar-refractivity contribution < 1.29 is 54.8 Å². The Bertz CT molecular complexity index is 978. The third-order valence-electron chi connectivity index (χ3n) is 6.03. The highest BCUT2D eigenvalue weighted by molar-refractivity contribution is 5.87. The van der Waals surface area contributed by atoms with E-state index >= 15 is 0 Å². The maximum Gasteiger partial charge on any atom is 0.307 e. The summed E-state index contributed by atoms with van der Waals surface area (Å²) in [5, 5.41) is 70.5. The molecule has 9 unspecified atom stereocenters. The standard InChI is InChI=1S/C21H27NO11/c23-7-13-16(28)17(29)18(30)21(32-13)33-19-15(27)12(24)8-31-20(19)22-6-9(5-14(25)26)10-3-1-2-4-11(10)22/h1-4,6,12-13,15-21,23-24,27-30H,5,7-8H2,(H,25,26). The van der Waals surface area contributed by atoms with Crippen LogP contribution in [0.3, 0.4) is 0 Å². The number of hydrogen-bond donors (Lipinski definition) is 7. The molecular formula is C21H27NO11. The number of aliphatic hydroxyl groups is 6. The minimum Gasteiger partial charge on any atom is -0.481 e. The first kappa shape index (κ1) is 24.0. The van der Waals surface area contributed by atoms with E-state index in [2.05, 4.69) is 0 Å². The molecule has 1 aromatic heterocycles. The van der Waals surface area contributed by atoms with Crippen molar-refractivity contribution in [2.75, 3.05) is 13.2 Å². The molecule has 0 saturated carbocycles.